The smallest absolute Gasteiger partial charge is 0.326 e. The molecule has 0 aromatic carbocycles. The predicted octanol–water partition coefficient (Wildman–Crippen LogP) is -1.49. The van der Waals surface area contributed by atoms with Gasteiger partial charge in [0.2, 0.25) is 0 Å². The summed E-state index contributed by atoms with van der Waals surface area (Å²) in [6, 6.07) is -2.22. The lowest BCUT2D eigenvalue weighted by molar-refractivity contribution is -0.145. The molecule has 0 aliphatic rings. The molecule has 10 heteroatoms. The lowest BCUT2D eigenvalue weighted by Gasteiger charge is -2.13. The Morgan fingerprint density at radius 2 is 2.05 bits per heavy atom. The first kappa shape index (κ1) is 14.4. The average molecular weight is 271 g/mol. The zero-order valence-electron chi connectivity index (χ0n) is 9.81. The molecule has 1 aromatic heterocycles. The molecule has 0 saturated heterocycles. The molecule has 0 aliphatic carbocycles. The largest absolute Gasteiger partial charge is 0.481 e. The van der Waals surface area contributed by atoms with E-state index in [9.17, 15) is 14.4 Å². The number of rotatable bonds is 7. The van der Waals surface area contributed by atoms with Gasteiger partial charge < -0.3 is 20.8 Å². The molecular formula is C9H13N5O5. The fraction of sp³-hybridized carbons (Fsp3) is 0.444. The molecule has 0 radical (unpaired) electrons. The van der Waals surface area contributed by atoms with Crippen LogP contribution in [-0.2, 0) is 16.1 Å². The van der Waals surface area contributed by atoms with E-state index in [4.69, 9.17) is 10.2 Å². The van der Waals surface area contributed by atoms with Crippen LogP contribution in [0, 0.1) is 0 Å². The van der Waals surface area contributed by atoms with Crippen molar-refractivity contribution in [3.63, 3.8) is 0 Å². The van der Waals surface area contributed by atoms with E-state index in [0.29, 0.717) is 6.54 Å². The maximum absolute atomic E-state index is 11.3. The van der Waals surface area contributed by atoms with Crippen molar-refractivity contribution in [1.29, 1.82) is 0 Å². The third-order valence-electron chi connectivity index (χ3n) is 2.08. The van der Waals surface area contributed by atoms with E-state index in [1.54, 1.807) is 6.20 Å². The number of hydrogen-bond acceptors (Lipinski definition) is 5. The third-order valence-corrected chi connectivity index (χ3v) is 2.08. The normalized spacial score (nSPS) is 11.6. The van der Waals surface area contributed by atoms with Crippen molar-refractivity contribution in [3.05, 3.63) is 12.4 Å². The highest BCUT2D eigenvalue weighted by Gasteiger charge is 2.22. The fourth-order valence-electron chi connectivity index (χ4n) is 1.22. The Bertz CT molecular complexity index is 446. The van der Waals surface area contributed by atoms with Crippen LogP contribution in [0.5, 0.6) is 0 Å². The molecule has 2 amide bonds. The topological polar surface area (TPSA) is 146 Å². The second-order valence-electron chi connectivity index (χ2n) is 3.56. The highest BCUT2D eigenvalue weighted by molar-refractivity contribution is 5.86. The second-order valence-corrected chi connectivity index (χ2v) is 3.56. The van der Waals surface area contributed by atoms with Crippen LogP contribution in [0.3, 0.4) is 0 Å². The standard InChI is InChI=1S/C9H13N5O5/c15-7(16)5-6(8(17)18)12-9(19)10-1-3-14-4-2-11-13-14/h2,4,6H,1,3,5H2,(H,15,16)(H,17,18)(H2,10,12,19). The summed E-state index contributed by atoms with van der Waals surface area (Å²) in [4.78, 5) is 32.5. The van der Waals surface area contributed by atoms with Crippen LogP contribution in [0.25, 0.3) is 0 Å². The highest BCUT2D eigenvalue weighted by Crippen LogP contribution is 1.92. The van der Waals surface area contributed by atoms with Crippen molar-refractivity contribution in [3.8, 4) is 0 Å². The number of nitrogens with zero attached hydrogens (tertiary/aromatic N) is 3. The Hall–Kier alpha value is -2.65. The molecular weight excluding hydrogens is 258 g/mol. The fourth-order valence-corrected chi connectivity index (χ4v) is 1.22. The Morgan fingerprint density at radius 1 is 1.32 bits per heavy atom. The number of aliphatic carboxylic acids is 2. The minimum atomic E-state index is -1.47. The Kier molecular flexibility index (Phi) is 5.26. The van der Waals surface area contributed by atoms with Crippen LogP contribution in [-0.4, -0.2) is 55.8 Å². The van der Waals surface area contributed by atoms with Crippen LogP contribution in [0.15, 0.2) is 12.4 Å². The van der Waals surface area contributed by atoms with E-state index in [1.165, 1.54) is 10.9 Å². The number of amides is 2. The van der Waals surface area contributed by atoms with Crippen LogP contribution in [0.1, 0.15) is 6.42 Å². The van der Waals surface area contributed by atoms with Gasteiger partial charge in [-0.25, -0.2) is 9.59 Å². The van der Waals surface area contributed by atoms with E-state index >= 15 is 0 Å². The average Bonchev–Trinajstić information content (AvgIpc) is 2.80. The zero-order chi connectivity index (χ0) is 14.3. The van der Waals surface area contributed by atoms with Crippen LogP contribution in [0.4, 0.5) is 4.79 Å². The second kappa shape index (κ2) is 6.93. The van der Waals surface area contributed by atoms with Crippen molar-refractivity contribution in [2.24, 2.45) is 0 Å². The molecule has 10 nitrogen and oxygen atoms in total. The molecule has 1 heterocycles. The van der Waals surface area contributed by atoms with Gasteiger partial charge in [0.1, 0.15) is 6.04 Å². The molecule has 19 heavy (non-hydrogen) atoms. The molecule has 0 aliphatic heterocycles. The summed E-state index contributed by atoms with van der Waals surface area (Å²) in [6.45, 7) is 0.568. The summed E-state index contributed by atoms with van der Waals surface area (Å²) in [5, 5.41) is 28.9. The first-order chi connectivity index (χ1) is 8.99. The van der Waals surface area contributed by atoms with E-state index < -0.39 is 30.4 Å². The van der Waals surface area contributed by atoms with Gasteiger partial charge in [0, 0.05) is 12.7 Å². The predicted molar refractivity (Wildman–Crippen MR) is 60.2 cm³/mol. The molecule has 1 rings (SSSR count). The van der Waals surface area contributed by atoms with Gasteiger partial charge in [0.15, 0.2) is 0 Å². The van der Waals surface area contributed by atoms with Gasteiger partial charge in [-0.1, -0.05) is 5.21 Å². The van der Waals surface area contributed by atoms with Crippen molar-refractivity contribution >= 4 is 18.0 Å². The van der Waals surface area contributed by atoms with Crippen molar-refractivity contribution in [1.82, 2.24) is 25.6 Å². The SMILES string of the molecule is O=C(O)CC(NC(=O)NCCn1ccnn1)C(=O)O. The van der Waals surface area contributed by atoms with Gasteiger partial charge in [-0.2, -0.15) is 0 Å². The number of urea groups is 1. The molecule has 0 bridgehead atoms. The number of carboxylic acids is 2. The molecule has 1 atom stereocenters. The van der Waals surface area contributed by atoms with E-state index in [-0.39, 0.29) is 6.54 Å². The van der Waals surface area contributed by atoms with Gasteiger partial charge in [0.25, 0.3) is 0 Å². The summed E-state index contributed by atoms with van der Waals surface area (Å²) >= 11 is 0. The first-order valence-corrected chi connectivity index (χ1v) is 5.32. The van der Waals surface area contributed by atoms with E-state index in [2.05, 4.69) is 20.9 Å². The van der Waals surface area contributed by atoms with Crippen molar-refractivity contribution < 1.29 is 24.6 Å². The molecule has 0 saturated carbocycles. The number of carbonyl (C=O) groups is 3. The van der Waals surface area contributed by atoms with Gasteiger partial charge in [0.05, 0.1) is 19.2 Å². The molecule has 0 spiro atoms. The summed E-state index contributed by atoms with van der Waals surface area (Å²) in [7, 11) is 0. The number of carbonyl (C=O) groups excluding carboxylic acids is 1. The van der Waals surface area contributed by atoms with Gasteiger partial charge >= 0.3 is 18.0 Å². The quantitative estimate of drug-likeness (QED) is 0.472. The summed E-state index contributed by atoms with van der Waals surface area (Å²) in [5.74, 6) is -2.72. The lowest BCUT2D eigenvalue weighted by Crippen LogP contribution is -2.47. The highest BCUT2D eigenvalue weighted by atomic mass is 16.4. The van der Waals surface area contributed by atoms with Crippen molar-refractivity contribution in [2.75, 3.05) is 6.54 Å². The number of nitrogens with one attached hydrogen (secondary N) is 2. The number of hydrogen-bond donors (Lipinski definition) is 4. The maximum atomic E-state index is 11.3. The van der Waals surface area contributed by atoms with Gasteiger partial charge in [-0.05, 0) is 0 Å². The Labute approximate surface area is 107 Å². The summed E-state index contributed by atoms with van der Waals surface area (Å²) in [6.07, 6.45) is 2.39. The Morgan fingerprint density at radius 3 is 2.58 bits per heavy atom. The first-order valence-electron chi connectivity index (χ1n) is 5.32. The van der Waals surface area contributed by atoms with Gasteiger partial charge in [-0.3, -0.25) is 9.48 Å². The number of carboxylic acid groups (broad SMARTS) is 2. The molecule has 0 fully saturated rings. The molecule has 4 N–H and O–H groups in total. The maximum Gasteiger partial charge on any atom is 0.326 e. The zero-order valence-corrected chi connectivity index (χ0v) is 9.81. The van der Waals surface area contributed by atoms with Crippen LogP contribution >= 0.6 is 0 Å². The van der Waals surface area contributed by atoms with Crippen LogP contribution < -0.4 is 10.6 Å². The Balaban J connectivity index is 2.32. The summed E-state index contributed by atoms with van der Waals surface area (Å²) < 4.78 is 1.48. The van der Waals surface area contributed by atoms with E-state index in [1.807, 2.05) is 0 Å². The minimum absolute atomic E-state index is 0.203. The van der Waals surface area contributed by atoms with Gasteiger partial charge in [-0.15, -0.1) is 5.10 Å². The van der Waals surface area contributed by atoms with E-state index in [0.717, 1.165) is 0 Å². The molecule has 1 aromatic rings. The van der Waals surface area contributed by atoms with Crippen molar-refractivity contribution in [2.45, 2.75) is 19.0 Å². The molecule has 104 valence electrons. The minimum Gasteiger partial charge on any atom is -0.481 e. The summed E-state index contributed by atoms with van der Waals surface area (Å²) in [5.41, 5.74) is 0. The lowest BCUT2D eigenvalue weighted by atomic mass is 10.2. The number of aromatic nitrogens is 3. The van der Waals surface area contributed by atoms with Crippen LogP contribution in [0.2, 0.25) is 0 Å². The third kappa shape index (κ3) is 5.48. The monoisotopic (exact) mass is 271 g/mol. The molecule has 1 unspecified atom stereocenters.